The Hall–Kier alpha value is -1.96. The van der Waals surface area contributed by atoms with Crippen molar-refractivity contribution >= 4 is 29.9 Å². The maximum Gasteiger partial charge on any atom is 0.193 e. The van der Waals surface area contributed by atoms with Crippen molar-refractivity contribution in [3.05, 3.63) is 59.7 Å². The molecule has 1 N–H and O–H groups in total. The molecule has 5 nitrogen and oxygen atoms in total. The van der Waals surface area contributed by atoms with Crippen molar-refractivity contribution in [1.82, 2.24) is 10.2 Å². The molecule has 6 heteroatoms. The molecule has 2 aromatic carbocycles. The highest BCUT2D eigenvalue weighted by Gasteiger charge is 2.40. The second kappa shape index (κ2) is 9.69. The number of aliphatic imine (C=N–C) groups is 1. The molecule has 3 unspecified atom stereocenters. The minimum atomic E-state index is 0. The molecule has 3 atom stereocenters. The average molecular weight is 507 g/mol. The molecule has 156 valence electrons. The second-order valence-electron chi connectivity index (χ2n) is 7.63. The van der Waals surface area contributed by atoms with E-state index in [2.05, 4.69) is 57.7 Å². The molecule has 1 saturated carbocycles. The number of hydrogen-bond donors (Lipinski definition) is 1. The van der Waals surface area contributed by atoms with E-state index in [-0.39, 0.29) is 24.0 Å². The lowest BCUT2D eigenvalue weighted by Gasteiger charge is -2.22. The maximum absolute atomic E-state index is 5.44. The summed E-state index contributed by atoms with van der Waals surface area (Å²) >= 11 is 0. The minimum absolute atomic E-state index is 0. The van der Waals surface area contributed by atoms with Crippen LogP contribution in [0.3, 0.4) is 0 Å². The normalized spacial score (nSPS) is 23.3. The first kappa shape index (κ1) is 21.7. The summed E-state index contributed by atoms with van der Waals surface area (Å²) in [5.41, 5.74) is 2.68. The minimum Gasteiger partial charge on any atom is -0.497 e. The fourth-order valence-corrected chi connectivity index (χ4v) is 4.18. The monoisotopic (exact) mass is 507 g/mol. The summed E-state index contributed by atoms with van der Waals surface area (Å²) in [4.78, 5) is 6.93. The number of likely N-dealkylation sites (tertiary alicyclic amines) is 1. The number of rotatable bonds is 5. The summed E-state index contributed by atoms with van der Waals surface area (Å²) < 4.78 is 10.9. The third kappa shape index (κ3) is 4.97. The molecular weight excluding hydrogens is 477 g/mol. The average Bonchev–Trinajstić information content (AvgIpc) is 3.35. The number of ether oxygens (including phenoxy) is 2. The molecule has 1 heterocycles. The molecule has 0 amide bonds. The maximum atomic E-state index is 5.44. The highest BCUT2D eigenvalue weighted by molar-refractivity contribution is 14.0. The first-order chi connectivity index (χ1) is 13.7. The summed E-state index contributed by atoms with van der Waals surface area (Å²) in [6.45, 7) is 1.96. The molecular formula is C23H30IN3O2. The Morgan fingerprint density at radius 2 is 1.72 bits per heavy atom. The summed E-state index contributed by atoms with van der Waals surface area (Å²) in [6.07, 6.45) is 2.27. The number of hydrogen-bond acceptors (Lipinski definition) is 3. The quantitative estimate of drug-likeness (QED) is 0.374. The Balaban J connectivity index is 0.00000240. The zero-order chi connectivity index (χ0) is 19.5. The Morgan fingerprint density at radius 3 is 2.34 bits per heavy atom. The van der Waals surface area contributed by atoms with E-state index in [4.69, 9.17) is 9.47 Å². The molecule has 4 rings (SSSR count). The third-order valence-electron chi connectivity index (χ3n) is 5.88. The van der Waals surface area contributed by atoms with Gasteiger partial charge in [0.15, 0.2) is 5.96 Å². The van der Waals surface area contributed by atoms with Crippen molar-refractivity contribution in [1.29, 1.82) is 0 Å². The van der Waals surface area contributed by atoms with Crippen molar-refractivity contribution in [2.24, 2.45) is 4.99 Å². The van der Waals surface area contributed by atoms with E-state index in [1.807, 2.05) is 13.1 Å². The van der Waals surface area contributed by atoms with Gasteiger partial charge in [-0.2, -0.15) is 0 Å². The van der Waals surface area contributed by atoms with E-state index >= 15 is 0 Å². The largest absolute Gasteiger partial charge is 0.497 e. The highest BCUT2D eigenvalue weighted by atomic mass is 127. The number of benzene rings is 2. The summed E-state index contributed by atoms with van der Waals surface area (Å²) in [6, 6.07) is 17.4. The zero-order valence-electron chi connectivity index (χ0n) is 17.3. The molecule has 1 aliphatic heterocycles. The van der Waals surface area contributed by atoms with Gasteiger partial charge in [-0.25, -0.2) is 0 Å². The Labute approximate surface area is 190 Å². The van der Waals surface area contributed by atoms with Crippen LogP contribution in [0.1, 0.15) is 35.8 Å². The van der Waals surface area contributed by atoms with Gasteiger partial charge in [-0.15, -0.1) is 24.0 Å². The third-order valence-corrected chi connectivity index (χ3v) is 5.88. The topological polar surface area (TPSA) is 46.1 Å². The summed E-state index contributed by atoms with van der Waals surface area (Å²) in [7, 11) is 5.28. The van der Waals surface area contributed by atoms with Gasteiger partial charge in [0.05, 0.1) is 14.2 Å². The highest BCUT2D eigenvalue weighted by Crippen LogP contribution is 2.41. The lowest BCUT2D eigenvalue weighted by Crippen LogP contribution is -2.41. The van der Waals surface area contributed by atoms with Gasteiger partial charge in [0.1, 0.15) is 11.5 Å². The molecule has 0 spiro atoms. The standard InChI is InChI=1S/C23H29N3O2.HI/c1-24-23(25-22-14-21(22)16-7-5-4-6-8-16)26-10-9-17(15-26)18-11-19(27-2)13-20(12-18)28-3;/h4-8,11-13,17,21-22H,9-10,14-15H2,1-3H3,(H,24,25);1H. The van der Waals surface area contributed by atoms with Crippen molar-refractivity contribution in [2.45, 2.75) is 30.7 Å². The number of nitrogens with one attached hydrogen (secondary N) is 1. The predicted molar refractivity (Wildman–Crippen MR) is 128 cm³/mol. The fourth-order valence-electron chi connectivity index (χ4n) is 4.18. The van der Waals surface area contributed by atoms with E-state index in [1.165, 1.54) is 17.5 Å². The van der Waals surface area contributed by atoms with Gasteiger partial charge in [0.2, 0.25) is 0 Å². The van der Waals surface area contributed by atoms with Crippen LogP contribution >= 0.6 is 24.0 Å². The molecule has 1 saturated heterocycles. The Bertz CT molecular complexity index is 821. The molecule has 0 radical (unpaired) electrons. The summed E-state index contributed by atoms with van der Waals surface area (Å²) in [5, 5.41) is 3.67. The number of halogens is 1. The lowest BCUT2D eigenvalue weighted by molar-refractivity contribution is 0.392. The molecule has 29 heavy (non-hydrogen) atoms. The van der Waals surface area contributed by atoms with E-state index in [1.54, 1.807) is 14.2 Å². The van der Waals surface area contributed by atoms with Crippen molar-refractivity contribution in [2.75, 3.05) is 34.4 Å². The zero-order valence-corrected chi connectivity index (χ0v) is 19.6. The van der Waals surface area contributed by atoms with Gasteiger partial charge in [0.25, 0.3) is 0 Å². The van der Waals surface area contributed by atoms with E-state index in [9.17, 15) is 0 Å². The first-order valence-corrected chi connectivity index (χ1v) is 9.98. The SMILES string of the molecule is CN=C(NC1CC1c1ccccc1)N1CCC(c2cc(OC)cc(OC)c2)C1.I. The number of methoxy groups -OCH3 is 2. The van der Waals surface area contributed by atoms with Crippen LogP contribution in [0.2, 0.25) is 0 Å². The van der Waals surface area contributed by atoms with E-state index in [0.717, 1.165) is 37.0 Å². The number of guanidine groups is 1. The fraction of sp³-hybridized carbons (Fsp3) is 0.435. The molecule has 2 aliphatic rings. The van der Waals surface area contributed by atoms with Crippen LogP contribution in [-0.4, -0.2) is 51.3 Å². The second-order valence-corrected chi connectivity index (χ2v) is 7.63. The molecule has 2 fully saturated rings. The first-order valence-electron chi connectivity index (χ1n) is 9.98. The van der Waals surface area contributed by atoms with Crippen LogP contribution in [-0.2, 0) is 0 Å². The molecule has 2 aromatic rings. The van der Waals surface area contributed by atoms with E-state index < -0.39 is 0 Å². The lowest BCUT2D eigenvalue weighted by atomic mass is 9.98. The van der Waals surface area contributed by atoms with Crippen LogP contribution in [0.15, 0.2) is 53.5 Å². The van der Waals surface area contributed by atoms with Crippen LogP contribution in [0.5, 0.6) is 11.5 Å². The van der Waals surface area contributed by atoms with Crippen molar-refractivity contribution in [3.8, 4) is 11.5 Å². The summed E-state index contributed by atoms with van der Waals surface area (Å²) in [5.74, 6) is 3.75. The van der Waals surface area contributed by atoms with Gasteiger partial charge in [-0.05, 0) is 36.1 Å². The van der Waals surface area contributed by atoms with Crippen molar-refractivity contribution < 1.29 is 9.47 Å². The van der Waals surface area contributed by atoms with Gasteiger partial charge >= 0.3 is 0 Å². The molecule has 0 aromatic heterocycles. The van der Waals surface area contributed by atoms with Gasteiger partial charge in [-0.1, -0.05) is 30.3 Å². The predicted octanol–water partition coefficient (Wildman–Crippen LogP) is 4.24. The van der Waals surface area contributed by atoms with Gasteiger partial charge < -0.3 is 19.7 Å². The van der Waals surface area contributed by atoms with Crippen molar-refractivity contribution in [3.63, 3.8) is 0 Å². The molecule has 0 bridgehead atoms. The smallest absolute Gasteiger partial charge is 0.193 e. The number of nitrogens with zero attached hydrogens (tertiary/aromatic N) is 2. The van der Waals surface area contributed by atoms with Gasteiger partial charge in [0, 0.05) is 44.1 Å². The Morgan fingerprint density at radius 1 is 1.03 bits per heavy atom. The van der Waals surface area contributed by atoms with E-state index in [0.29, 0.717) is 17.9 Å². The van der Waals surface area contributed by atoms with Crippen LogP contribution in [0.25, 0.3) is 0 Å². The Kier molecular flexibility index (Phi) is 7.27. The van der Waals surface area contributed by atoms with Gasteiger partial charge in [-0.3, -0.25) is 4.99 Å². The molecule has 1 aliphatic carbocycles. The van der Waals surface area contributed by atoms with Crippen LogP contribution in [0, 0.1) is 0 Å². The van der Waals surface area contributed by atoms with Crippen LogP contribution in [0.4, 0.5) is 0 Å². The van der Waals surface area contributed by atoms with Crippen LogP contribution < -0.4 is 14.8 Å².